The van der Waals surface area contributed by atoms with E-state index in [-0.39, 0.29) is 5.91 Å². The van der Waals surface area contributed by atoms with Crippen molar-refractivity contribution in [1.29, 1.82) is 0 Å². The van der Waals surface area contributed by atoms with Gasteiger partial charge in [0.1, 0.15) is 0 Å². The number of hydrogen-bond donors (Lipinski definition) is 1. The van der Waals surface area contributed by atoms with E-state index in [1.165, 1.54) is 18.4 Å². The van der Waals surface area contributed by atoms with Gasteiger partial charge >= 0.3 is 0 Å². The summed E-state index contributed by atoms with van der Waals surface area (Å²) in [6.07, 6.45) is 3.65. The molecule has 1 N–H and O–H groups in total. The molecule has 2 rings (SSSR count). The number of aryl methyl sites for hydroxylation is 1. The zero-order valence-corrected chi connectivity index (χ0v) is 13.8. The Kier molecular flexibility index (Phi) is 5.40. The van der Waals surface area contributed by atoms with Crippen molar-refractivity contribution in [3.05, 3.63) is 29.3 Å². The summed E-state index contributed by atoms with van der Waals surface area (Å²) in [5.41, 5.74) is 3.32. The summed E-state index contributed by atoms with van der Waals surface area (Å²) >= 11 is 0. The van der Waals surface area contributed by atoms with Crippen LogP contribution in [-0.4, -0.2) is 29.9 Å². The van der Waals surface area contributed by atoms with Gasteiger partial charge in [-0.3, -0.25) is 9.69 Å². The minimum atomic E-state index is 0.111. The van der Waals surface area contributed by atoms with Crippen molar-refractivity contribution in [2.24, 2.45) is 5.92 Å². The van der Waals surface area contributed by atoms with Crippen LogP contribution in [0.3, 0.4) is 0 Å². The molecule has 0 aliphatic heterocycles. The summed E-state index contributed by atoms with van der Waals surface area (Å²) in [6.45, 7) is 10.2. The van der Waals surface area contributed by atoms with Gasteiger partial charge in [0.05, 0.1) is 6.54 Å². The van der Waals surface area contributed by atoms with Crippen molar-refractivity contribution in [2.75, 3.05) is 18.4 Å². The molecule has 0 bridgehead atoms. The standard InChI is InChI=1S/C18H28N2O/c1-13(2)10-11-20(16-8-9-16)12-18(21)19-17-7-5-6-14(3)15(17)4/h5-7,13,16H,8-12H2,1-4H3,(H,19,21). The van der Waals surface area contributed by atoms with E-state index < -0.39 is 0 Å². The Hall–Kier alpha value is -1.35. The van der Waals surface area contributed by atoms with Gasteiger partial charge in [-0.2, -0.15) is 0 Å². The molecule has 1 aromatic rings. The average Bonchev–Trinajstić information content (AvgIpc) is 3.24. The Bertz CT molecular complexity index is 492. The van der Waals surface area contributed by atoms with E-state index in [9.17, 15) is 4.79 Å². The normalized spacial score (nSPS) is 14.8. The summed E-state index contributed by atoms with van der Waals surface area (Å²) in [5, 5.41) is 3.07. The zero-order chi connectivity index (χ0) is 15.4. The van der Waals surface area contributed by atoms with Crippen LogP contribution in [0, 0.1) is 19.8 Å². The molecule has 1 amide bonds. The second-order valence-electron chi connectivity index (χ2n) is 6.68. The fourth-order valence-corrected chi connectivity index (χ4v) is 2.52. The van der Waals surface area contributed by atoms with Crippen molar-refractivity contribution >= 4 is 11.6 Å². The fraction of sp³-hybridized carbons (Fsp3) is 0.611. The van der Waals surface area contributed by atoms with E-state index in [0.29, 0.717) is 18.5 Å². The summed E-state index contributed by atoms with van der Waals surface area (Å²) in [4.78, 5) is 14.7. The average molecular weight is 288 g/mol. The van der Waals surface area contributed by atoms with Gasteiger partial charge in [0.15, 0.2) is 0 Å². The molecule has 3 nitrogen and oxygen atoms in total. The third-order valence-electron chi connectivity index (χ3n) is 4.28. The molecule has 1 aromatic carbocycles. The minimum absolute atomic E-state index is 0.111. The van der Waals surface area contributed by atoms with Gasteiger partial charge in [0.25, 0.3) is 0 Å². The van der Waals surface area contributed by atoms with Gasteiger partial charge in [-0.05, 0) is 62.8 Å². The number of nitrogens with one attached hydrogen (secondary N) is 1. The van der Waals surface area contributed by atoms with Crippen LogP contribution in [0.5, 0.6) is 0 Å². The summed E-state index contributed by atoms with van der Waals surface area (Å²) in [6, 6.07) is 6.68. The van der Waals surface area contributed by atoms with E-state index in [2.05, 4.69) is 44.0 Å². The Morgan fingerprint density at radius 3 is 2.67 bits per heavy atom. The van der Waals surface area contributed by atoms with E-state index in [1.54, 1.807) is 0 Å². The molecule has 0 atom stereocenters. The van der Waals surface area contributed by atoms with Gasteiger partial charge in [0.2, 0.25) is 5.91 Å². The molecule has 1 aliphatic rings. The Morgan fingerprint density at radius 2 is 2.05 bits per heavy atom. The van der Waals surface area contributed by atoms with Crippen LogP contribution < -0.4 is 5.32 Å². The number of rotatable bonds is 7. The molecule has 0 unspecified atom stereocenters. The first-order chi connectivity index (χ1) is 9.97. The maximum absolute atomic E-state index is 12.3. The molecule has 21 heavy (non-hydrogen) atoms. The second kappa shape index (κ2) is 7.08. The zero-order valence-electron chi connectivity index (χ0n) is 13.8. The molecular formula is C18H28N2O. The van der Waals surface area contributed by atoms with E-state index in [4.69, 9.17) is 0 Å². The van der Waals surface area contributed by atoms with Gasteiger partial charge in [-0.25, -0.2) is 0 Å². The third-order valence-corrected chi connectivity index (χ3v) is 4.28. The van der Waals surface area contributed by atoms with E-state index in [1.807, 2.05) is 12.1 Å². The predicted molar refractivity (Wildman–Crippen MR) is 88.6 cm³/mol. The van der Waals surface area contributed by atoms with Crippen LogP contribution >= 0.6 is 0 Å². The van der Waals surface area contributed by atoms with Gasteiger partial charge < -0.3 is 5.32 Å². The molecule has 0 spiro atoms. The number of carbonyl (C=O) groups is 1. The highest BCUT2D eigenvalue weighted by Gasteiger charge is 2.30. The van der Waals surface area contributed by atoms with Crippen LogP contribution in [0.15, 0.2) is 18.2 Å². The monoisotopic (exact) mass is 288 g/mol. The number of benzene rings is 1. The van der Waals surface area contributed by atoms with Crippen LogP contribution in [-0.2, 0) is 4.79 Å². The summed E-state index contributed by atoms with van der Waals surface area (Å²) in [5.74, 6) is 0.799. The van der Waals surface area contributed by atoms with E-state index in [0.717, 1.165) is 24.2 Å². The third kappa shape index (κ3) is 4.85. The molecule has 1 fully saturated rings. The van der Waals surface area contributed by atoms with Gasteiger partial charge in [-0.15, -0.1) is 0 Å². The first-order valence-electron chi connectivity index (χ1n) is 8.07. The first-order valence-corrected chi connectivity index (χ1v) is 8.07. The molecule has 0 saturated heterocycles. The number of hydrogen-bond acceptors (Lipinski definition) is 2. The van der Waals surface area contributed by atoms with Crippen molar-refractivity contribution in [3.8, 4) is 0 Å². The molecule has 0 radical (unpaired) electrons. The lowest BCUT2D eigenvalue weighted by molar-refractivity contribution is -0.117. The van der Waals surface area contributed by atoms with Gasteiger partial charge in [0, 0.05) is 11.7 Å². The van der Waals surface area contributed by atoms with Crippen molar-refractivity contribution in [3.63, 3.8) is 0 Å². The SMILES string of the molecule is Cc1cccc(NC(=O)CN(CCC(C)C)C2CC2)c1C. The maximum Gasteiger partial charge on any atom is 0.238 e. The van der Waals surface area contributed by atoms with Crippen molar-refractivity contribution in [1.82, 2.24) is 4.90 Å². The number of anilines is 1. The molecule has 0 heterocycles. The minimum Gasteiger partial charge on any atom is -0.325 e. The number of amides is 1. The number of nitrogens with zero attached hydrogens (tertiary/aromatic N) is 1. The predicted octanol–water partition coefficient (Wildman–Crippen LogP) is 3.75. The Balaban J connectivity index is 1.91. The lowest BCUT2D eigenvalue weighted by atomic mass is 10.1. The lowest BCUT2D eigenvalue weighted by Gasteiger charge is -2.22. The van der Waals surface area contributed by atoms with Crippen LogP contribution in [0.1, 0.15) is 44.2 Å². The van der Waals surface area contributed by atoms with Crippen LogP contribution in [0.25, 0.3) is 0 Å². The molecule has 0 aromatic heterocycles. The lowest BCUT2D eigenvalue weighted by Crippen LogP contribution is -2.36. The maximum atomic E-state index is 12.3. The highest BCUT2D eigenvalue weighted by molar-refractivity contribution is 5.93. The molecule has 116 valence electrons. The van der Waals surface area contributed by atoms with Gasteiger partial charge in [-0.1, -0.05) is 26.0 Å². The first kappa shape index (κ1) is 16.0. The topological polar surface area (TPSA) is 32.3 Å². The largest absolute Gasteiger partial charge is 0.325 e. The van der Waals surface area contributed by atoms with Crippen LogP contribution in [0.4, 0.5) is 5.69 Å². The second-order valence-corrected chi connectivity index (χ2v) is 6.68. The van der Waals surface area contributed by atoms with Crippen LogP contribution in [0.2, 0.25) is 0 Å². The molecule has 3 heteroatoms. The summed E-state index contributed by atoms with van der Waals surface area (Å²) in [7, 11) is 0. The highest BCUT2D eigenvalue weighted by Crippen LogP contribution is 2.27. The van der Waals surface area contributed by atoms with Crippen molar-refractivity contribution in [2.45, 2.75) is 53.0 Å². The smallest absolute Gasteiger partial charge is 0.238 e. The quantitative estimate of drug-likeness (QED) is 0.828. The van der Waals surface area contributed by atoms with E-state index >= 15 is 0 Å². The van der Waals surface area contributed by atoms with Crippen molar-refractivity contribution < 1.29 is 4.79 Å². The molecular weight excluding hydrogens is 260 g/mol. The Labute approximate surface area is 128 Å². The Morgan fingerprint density at radius 1 is 1.33 bits per heavy atom. The summed E-state index contributed by atoms with van der Waals surface area (Å²) < 4.78 is 0. The molecule has 1 saturated carbocycles. The number of carbonyl (C=O) groups excluding carboxylic acids is 1. The highest BCUT2D eigenvalue weighted by atomic mass is 16.2. The fourth-order valence-electron chi connectivity index (χ4n) is 2.52. The molecule has 1 aliphatic carbocycles.